The van der Waals surface area contributed by atoms with E-state index in [4.69, 9.17) is 0 Å². The Balaban J connectivity index is 2.09. The van der Waals surface area contributed by atoms with E-state index in [9.17, 15) is 5.11 Å². The van der Waals surface area contributed by atoms with Crippen LogP contribution < -0.4 is 5.32 Å². The fourth-order valence-electron chi connectivity index (χ4n) is 3.10. The Morgan fingerprint density at radius 3 is 2.56 bits per heavy atom. The lowest BCUT2D eigenvalue weighted by molar-refractivity contribution is 0.166. The van der Waals surface area contributed by atoms with Gasteiger partial charge in [0.2, 0.25) is 0 Å². The van der Waals surface area contributed by atoms with Gasteiger partial charge in [-0.2, -0.15) is 0 Å². The van der Waals surface area contributed by atoms with Gasteiger partial charge in [0.15, 0.2) is 0 Å². The van der Waals surface area contributed by atoms with E-state index < -0.39 is 0 Å². The second-order valence-corrected chi connectivity index (χ2v) is 5.81. The van der Waals surface area contributed by atoms with E-state index in [0.717, 1.165) is 6.42 Å². The molecule has 2 nitrogen and oxygen atoms in total. The van der Waals surface area contributed by atoms with E-state index in [1.165, 1.54) is 24.0 Å². The summed E-state index contributed by atoms with van der Waals surface area (Å²) in [5.74, 6) is 0.673. The standard InChI is InChI=1S/C16H25NO/c1-11-8-9-16(17-12(2)10-13(3)18)15-7-5-4-6-14(11)15/h4-7,11-13,16-18H,8-10H2,1-3H3. The highest BCUT2D eigenvalue weighted by atomic mass is 16.3. The second-order valence-electron chi connectivity index (χ2n) is 5.81. The molecule has 2 N–H and O–H groups in total. The lowest BCUT2D eigenvalue weighted by Gasteiger charge is -2.32. The zero-order valence-electron chi connectivity index (χ0n) is 11.7. The molecule has 2 rings (SSSR count). The van der Waals surface area contributed by atoms with Crippen LogP contribution in [0.2, 0.25) is 0 Å². The molecule has 0 fully saturated rings. The maximum absolute atomic E-state index is 9.45. The van der Waals surface area contributed by atoms with Crippen LogP contribution in [-0.4, -0.2) is 17.3 Å². The average molecular weight is 247 g/mol. The number of aliphatic hydroxyl groups excluding tert-OH is 1. The molecule has 1 aromatic carbocycles. The van der Waals surface area contributed by atoms with Gasteiger partial charge in [-0.25, -0.2) is 0 Å². The third-order valence-corrected chi connectivity index (χ3v) is 3.97. The molecule has 0 bridgehead atoms. The fourth-order valence-corrected chi connectivity index (χ4v) is 3.10. The highest BCUT2D eigenvalue weighted by Gasteiger charge is 2.25. The average Bonchev–Trinajstić information content (AvgIpc) is 2.32. The van der Waals surface area contributed by atoms with Crippen molar-refractivity contribution < 1.29 is 5.11 Å². The molecule has 1 aromatic rings. The van der Waals surface area contributed by atoms with E-state index in [-0.39, 0.29) is 6.10 Å². The first-order valence-electron chi connectivity index (χ1n) is 7.11. The van der Waals surface area contributed by atoms with Gasteiger partial charge in [-0.1, -0.05) is 31.2 Å². The molecule has 18 heavy (non-hydrogen) atoms. The van der Waals surface area contributed by atoms with E-state index in [0.29, 0.717) is 18.0 Å². The Morgan fingerprint density at radius 1 is 1.22 bits per heavy atom. The molecule has 0 radical (unpaired) electrons. The Kier molecular flexibility index (Phi) is 4.41. The number of benzene rings is 1. The Morgan fingerprint density at radius 2 is 1.89 bits per heavy atom. The maximum Gasteiger partial charge on any atom is 0.0526 e. The molecular weight excluding hydrogens is 222 g/mol. The quantitative estimate of drug-likeness (QED) is 0.855. The number of rotatable bonds is 4. The molecule has 0 aromatic heterocycles. The molecule has 100 valence electrons. The number of hydrogen-bond donors (Lipinski definition) is 2. The van der Waals surface area contributed by atoms with Crippen LogP contribution in [0.3, 0.4) is 0 Å². The number of aliphatic hydroxyl groups is 1. The molecule has 4 unspecified atom stereocenters. The van der Waals surface area contributed by atoms with Gasteiger partial charge >= 0.3 is 0 Å². The van der Waals surface area contributed by atoms with E-state index in [1.54, 1.807) is 0 Å². The minimum atomic E-state index is -0.231. The van der Waals surface area contributed by atoms with Gasteiger partial charge < -0.3 is 10.4 Å². The van der Waals surface area contributed by atoms with Crippen molar-refractivity contribution in [2.24, 2.45) is 0 Å². The lowest BCUT2D eigenvalue weighted by atomic mass is 9.81. The Bertz CT molecular complexity index is 388. The molecule has 1 aliphatic rings. The van der Waals surface area contributed by atoms with Gasteiger partial charge in [-0.3, -0.25) is 0 Å². The molecule has 0 saturated heterocycles. The summed E-state index contributed by atoms with van der Waals surface area (Å²) in [4.78, 5) is 0. The Hall–Kier alpha value is -0.860. The zero-order chi connectivity index (χ0) is 13.1. The van der Waals surface area contributed by atoms with Crippen LogP contribution in [0.25, 0.3) is 0 Å². The summed E-state index contributed by atoms with van der Waals surface area (Å²) in [6, 6.07) is 9.58. The number of nitrogens with one attached hydrogen (secondary N) is 1. The molecule has 0 spiro atoms. The van der Waals surface area contributed by atoms with Crippen molar-refractivity contribution in [1.82, 2.24) is 5.32 Å². The normalized spacial score (nSPS) is 26.4. The summed E-state index contributed by atoms with van der Waals surface area (Å²) in [5, 5.41) is 13.1. The highest BCUT2D eigenvalue weighted by molar-refractivity contribution is 5.34. The van der Waals surface area contributed by atoms with E-state index >= 15 is 0 Å². The van der Waals surface area contributed by atoms with Crippen molar-refractivity contribution in [2.75, 3.05) is 0 Å². The van der Waals surface area contributed by atoms with Crippen molar-refractivity contribution in [3.63, 3.8) is 0 Å². The molecule has 0 saturated carbocycles. The predicted molar refractivity (Wildman–Crippen MR) is 75.7 cm³/mol. The second kappa shape index (κ2) is 5.85. The molecule has 0 aliphatic heterocycles. The van der Waals surface area contributed by atoms with E-state index in [2.05, 4.69) is 43.4 Å². The predicted octanol–water partition coefficient (Wildman–Crippen LogP) is 3.37. The minimum absolute atomic E-state index is 0.231. The summed E-state index contributed by atoms with van der Waals surface area (Å²) in [5.41, 5.74) is 2.94. The summed E-state index contributed by atoms with van der Waals surface area (Å²) in [6.45, 7) is 6.33. The van der Waals surface area contributed by atoms with Gasteiger partial charge in [-0.15, -0.1) is 0 Å². The van der Waals surface area contributed by atoms with Crippen LogP contribution in [0.15, 0.2) is 24.3 Å². The lowest BCUT2D eigenvalue weighted by Crippen LogP contribution is -2.35. The smallest absolute Gasteiger partial charge is 0.0526 e. The van der Waals surface area contributed by atoms with Crippen molar-refractivity contribution in [3.05, 3.63) is 35.4 Å². The van der Waals surface area contributed by atoms with Gasteiger partial charge in [0.1, 0.15) is 0 Å². The third kappa shape index (κ3) is 3.12. The van der Waals surface area contributed by atoms with Gasteiger partial charge in [0.25, 0.3) is 0 Å². The van der Waals surface area contributed by atoms with Crippen LogP contribution in [0.1, 0.15) is 63.1 Å². The van der Waals surface area contributed by atoms with E-state index in [1.807, 2.05) is 6.92 Å². The SMILES string of the molecule is CC(O)CC(C)NC1CCC(C)c2ccccc21. The summed E-state index contributed by atoms with van der Waals surface area (Å²) >= 11 is 0. The fraction of sp³-hybridized carbons (Fsp3) is 0.625. The summed E-state index contributed by atoms with van der Waals surface area (Å²) < 4.78 is 0. The summed E-state index contributed by atoms with van der Waals surface area (Å²) in [7, 11) is 0. The summed E-state index contributed by atoms with van der Waals surface area (Å²) in [6.07, 6.45) is 3.03. The van der Waals surface area contributed by atoms with Crippen LogP contribution in [-0.2, 0) is 0 Å². The molecule has 0 amide bonds. The molecule has 2 heteroatoms. The largest absolute Gasteiger partial charge is 0.393 e. The van der Waals surface area contributed by atoms with Crippen LogP contribution in [0, 0.1) is 0 Å². The monoisotopic (exact) mass is 247 g/mol. The minimum Gasteiger partial charge on any atom is -0.393 e. The van der Waals surface area contributed by atoms with Gasteiger partial charge in [0.05, 0.1) is 6.10 Å². The van der Waals surface area contributed by atoms with Crippen LogP contribution >= 0.6 is 0 Å². The molecular formula is C16H25NO. The van der Waals surface area contributed by atoms with Crippen molar-refractivity contribution >= 4 is 0 Å². The van der Waals surface area contributed by atoms with Gasteiger partial charge in [-0.05, 0) is 50.2 Å². The van der Waals surface area contributed by atoms with Gasteiger partial charge in [0, 0.05) is 12.1 Å². The van der Waals surface area contributed by atoms with Crippen LogP contribution in [0.4, 0.5) is 0 Å². The molecule has 0 heterocycles. The topological polar surface area (TPSA) is 32.3 Å². The number of hydrogen-bond acceptors (Lipinski definition) is 2. The first-order valence-corrected chi connectivity index (χ1v) is 7.11. The first-order chi connectivity index (χ1) is 8.58. The highest BCUT2D eigenvalue weighted by Crippen LogP contribution is 2.37. The van der Waals surface area contributed by atoms with Crippen molar-refractivity contribution in [1.29, 1.82) is 0 Å². The van der Waals surface area contributed by atoms with Crippen molar-refractivity contribution in [2.45, 2.75) is 64.1 Å². The molecule has 1 aliphatic carbocycles. The number of fused-ring (bicyclic) bond motifs is 1. The molecule has 4 atom stereocenters. The maximum atomic E-state index is 9.45. The van der Waals surface area contributed by atoms with Crippen LogP contribution in [0.5, 0.6) is 0 Å². The Labute approximate surface area is 110 Å². The van der Waals surface area contributed by atoms with Crippen molar-refractivity contribution in [3.8, 4) is 0 Å². The zero-order valence-corrected chi connectivity index (χ0v) is 11.7. The third-order valence-electron chi connectivity index (χ3n) is 3.97. The first kappa shape index (κ1) is 13.6.